The number of nitrogens with zero attached hydrogens (tertiary/aromatic N) is 3. The normalized spacial score (nSPS) is 11.4. The van der Waals surface area contributed by atoms with Crippen LogP contribution in [0.3, 0.4) is 0 Å². The van der Waals surface area contributed by atoms with Crippen molar-refractivity contribution in [1.82, 2.24) is 14.5 Å². The number of hydrogen-bond acceptors (Lipinski definition) is 3. The zero-order chi connectivity index (χ0) is 28.6. The van der Waals surface area contributed by atoms with Crippen molar-refractivity contribution in [2.24, 2.45) is 0 Å². The second kappa shape index (κ2) is 12.3. The van der Waals surface area contributed by atoms with Crippen molar-refractivity contribution in [3.05, 3.63) is 115 Å². The van der Waals surface area contributed by atoms with E-state index >= 15 is 0 Å². The van der Waals surface area contributed by atoms with Crippen molar-refractivity contribution in [1.29, 1.82) is 0 Å². The second-order valence-corrected chi connectivity index (χ2v) is 21.6. The summed E-state index contributed by atoms with van der Waals surface area (Å²) in [5.74, 6) is 7.65. The molecule has 3 heterocycles. The van der Waals surface area contributed by atoms with Gasteiger partial charge in [0.05, 0.1) is 22.4 Å². The molecule has 1 radical (unpaired) electrons. The van der Waals surface area contributed by atoms with Crippen LogP contribution in [0.2, 0.25) is 17.3 Å². The van der Waals surface area contributed by atoms with Crippen LogP contribution in [0.4, 0.5) is 4.39 Å². The Kier molecular flexibility index (Phi) is 8.79. The monoisotopic (exact) mass is 794 g/mol. The third kappa shape index (κ3) is 5.85. The van der Waals surface area contributed by atoms with E-state index in [9.17, 15) is 4.39 Å². The number of rotatable bonds is 4. The first-order valence-electron chi connectivity index (χ1n) is 13.7. The van der Waals surface area contributed by atoms with Crippen LogP contribution in [-0.2, 0) is 26.7 Å². The van der Waals surface area contributed by atoms with Crippen LogP contribution in [0, 0.1) is 17.9 Å². The predicted molar refractivity (Wildman–Crippen MR) is 168 cm³/mol. The Labute approximate surface area is 261 Å². The van der Waals surface area contributed by atoms with Crippen LogP contribution in [-0.4, -0.2) is 27.8 Å². The number of para-hydroxylation sites is 2. The van der Waals surface area contributed by atoms with E-state index in [1.807, 2.05) is 60.8 Å². The molecule has 0 aliphatic rings. The van der Waals surface area contributed by atoms with Gasteiger partial charge in [0.1, 0.15) is 11.4 Å². The Morgan fingerprint density at radius 2 is 1.69 bits per heavy atom. The first-order valence-corrected chi connectivity index (χ1v) is 21.1. The van der Waals surface area contributed by atoms with Crippen LogP contribution < -0.4 is 4.40 Å². The molecule has 0 amide bonds. The van der Waals surface area contributed by atoms with Gasteiger partial charge < -0.3 is 8.98 Å². The number of furan rings is 1. The third-order valence-corrected chi connectivity index (χ3v) is 11.5. The molecule has 0 spiro atoms. The minimum absolute atomic E-state index is 0. The molecule has 0 aliphatic carbocycles. The van der Waals surface area contributed by atoms with Crippen LogP contribution in [0.5, 0.6) is 0 Å². The fourth-order valence-electron chi connectivity index (χ4n) is 5.02. The van der Waals surface area contributed by atoms with E-state index in [0.29, 0.717) is 11.2 Å². The number of benzene rings is 4. The van der Waals surface area contributed by atoms with E-state index in [2.05, 4.69) is 64.1 Å². The van der Waals surface area contributed by atoms with E-state index in [4.69, 9.17) is 9.40 Å². The smallest absolute Gasteiger partial charge is 0 e. The fourth-order valence-corrected chi connectivity index (χ4v) is 7.19. The van der Waals surface area contributed by atoms with Gasteiger partial charge in [0.2, 0.25) is 0 Å². The Balaban J connectivity index is 0.000000181. The first-order chi connectivity index (χ1) is 19.8. The maximum Gasteiger partial charge on any atom is 0 e. The molecule has 0 aliphatic heterocycles. The van der Waals surface area contributed by atoms with Crippen molar-refractivity contribution in [3.63, 3.8) is 0 Å². The van der Waals surface area contributed by atoms with Crippen molar-refractivity contribution < 1.29 is 28.9 Å². The molecule has 213 valence electrons. The molecule has 0 fully saturated rings. The number of fused-ring (bicyclic) bond motifs is 4. The third-order valence-electron chi connectivity index (χ3n) is 7.20. The zero-order valence-corrected chi connectivity index (χ0v) is 28.4. The molecular weight excluding hydrogens is 762 g/mol. The average molecular weight is 792 g/mol. The Morgan fingerprint density at radius 1 is 0.881 bits per heavy atom. The number of imidazole rings is 1. The zero-order valence-electron chi connectivity index (χ0n) is 23.9. The molecule has 4 aromatic carbocycles. The predicted octanol–water partition coefficient (Wildman–Crippen LogP) is 8.65. The first kappa shape index (κ1) is 29.9. The summed E-state index contributed by atoms with van der Waals surface area (Å²) in [6.45, 7) is 2.88. The summed E-state index contributed by atoms with van der Waals surface area (Å²) in [5, 5.41) is 1.84. The van der Waals surface area contributed by atoms with Gasteiger partial charge in [-0.05, 0) is 31.2 Å². The summed E-state index contributed by atoms with van der Waals surface area (Å²) in [5.41, 5.74) is 6.11. The van der Waals surface area contributed by atoms with Gasteiger partial charge in [0.25, 0.3) is 0 Å². The van der Waals surface area contributed by atoms with E-state index in [1.165, 1.54) is 16.5 Å². The molecule has 7 heteroatoms. The second-order valence-electron chi connectivity index (χ2n) is 11.0. The van der Waals surface area contributed by atoms with Gasteiger partial charge in [-0.1, -0.05) is 23.1 Å². The summed E-state index contributed by atoms with van der Waals surface area (Å²) in [7, 11) is 0. The van der Waals surface area contributed by atoms with E-state index in [-0.39, 0.29) is 25.9 Å². The van der Waals surface area contributed by atoms with Crippen molar-refractivity contribution >= 4 is 50.6 Å². The molecule has 42 heavy (non-hydrogen) atoms. The molecule has 4 nitrogen and oxygen atoms in total. The van der Waals surface area contributed by atoms with Gasteiger partial charge in [0.15, 0.2) is 0 Å². The Morgan fingerprint density at radius 3 is 2.40 bits per heavy atom. The molecule has 7 rings (SSSR count). The molecule has 7 aromatic rings. The van der Waals surface area contributed by atoms with Crippen molar-refractivity contribution in [3.8, 4) is 22.6 Å². The standard InChI is InChI=1S/C21H14FN2O.C14H16GeN.Ir/c1-2-24-18-9-4-3-8-17(18)23-21(24)16-7-5-6-15-14-11-10-13(22)12-19(14)25-20(15)16;1-15(2,3)13-9-10-14(16-11-13)12-7-5-4-6-8-12;/h3-6,8-12H,2H2,1H3;4-7,9-11H,1-3H3;/q2*-1;. The van der Waals surface area contributed by atoms with Crippen molar-refractivity contribution in [2.45, 2.75) is 30.7 Å². The summed E-state index contributed by atoms with van der Waals surface area (Å²) >= 11 is -1.72. The minimum atomic E-state index is -1.72. The summed E-state index contributed by atoms with van der Waals surface area (Å²) in [4.78, 5) is 9.32. The average Bonchev–Trinajstić information content (AvgIpc) is 3.55. The quantitative estimate of drug-likeness (QED) is 0.133. The molecule has 3 aromatic heterocycles. The maximum absolute atomic E-state index is 13.6. The molecule has 0 bridgehead atoms. The van der Waals surface area contributed by atoms with Crippen molar-refractivity contribution in [2.75, 3.05) is 0 Å². The van der Waals surface area contributed by atoms with Gasteiger partial charge in [-0.2, -0.15) is 0 Å². The number of aryl methyl sites for hydroxylation is 1. The van der Waals surface area contributed by atoms with Crippen LogP contribution >= 0.6 is 0 Å². The minimum Gasteiger partial charge on any atom is 0 e. The van der Waals surface area contributed by atoms with Crippen LogP contribution in [0.1, 0.15) is 6.92 Å². The SMILES string of the molecule is CCn1c(-c2[c-]ccc3c2oc2cc(F)ccc23)nc2ccccc21.[CH3][Ge]([CH3])([CH3])[c]1ccc(-c2[c-]cccc2)nc1.[Ir]. The number of aromatic nitrogens is 3. The molecule has 0 atom stereocenters. The fraction of sp³-hybridized carbons (Fsp3) is 0.143. The number of hydrogen-bond donors (Lipinski definition) is 0. The van der Waals surface area contributed by atoms with E-state index in [0.717, 1.165) is 51.0 Å². The molecule has 0 N–H and O–H groups in total. The van der Waals surface area contributed by atoms with Gasteiger partial charge in [0, 0.05) is 38.1 Å². The van der Waals surface area contributed by atoms with Crippen LogP contribution in [0.15, 0.2) is 102 Å². The van der Waals surface area contributed by atoms with Gasteiger partial charge >= 0.3 is 99.8 Å². The van der Waals surface area contributed by atoms with E-state index in [1.54, 1.807) is 6.07 Å². The largest absolute Gasteiger partial charge is 0 e. The number of halogens is 1. The summed E-state index contributed by atoms with van der Waals surface area (Å²) < 4.78 is 23.1. The van der Waals surface area contributed by atoms with Gasteiger partial charge in [-0.25, -0.2) is 4.39 Å². The van der Waals surface area contributed by atoms with Crippen LogP contribution in [0.25, 0.3) is 55.6 Å². The number of pyridine rings is 1. The topological polar surface area (TPSA) is 43.9 Å². The summed E-state index contributed by atoms with van der Waals surface area (Å²) in [6.07, 6.45) is 2.04. The molecule has 0 saturated carbocycles. The Hall–Kier alpha value is -3.58. The van der Waals surface area contributed by atoms with Gasteiger partial charge in [-0.15, -0.1) is 18.2 Å². The molecular formula is C35H30FGeIrN3O-2. The summed E-state index contributed by atoms with van der Waals surface area (Å²) in [6, 6.07) is 35.2. The molecule has 0 saturated heterocycles. The maximum atomic E-state index is 13.6. The Bertz CT molecular complexity index is 1980. The van der Waals surface area contributed by atoms with Gasteiger partial charge in [-0.3, -0.25) is 4.98 Å². The van der Waals surface area contributed by atoms with E-state index < -0.39 is 13.3 Å². The molecule has 0 unspecified atom stereocenters.